The number of nitrogens with one attached hydrogen (secondary N) is 1. The lowest BCUT2D eigenvalue weighted by Crippen LogP contribution is -2.23. The van der Waals surface area contributed by atoms with Crippen LogP contribution >= 0.6 is 0 Å². The van der Waals surface area contributed by atoms with E-state index in [0.29, 0.717) is 6.61 Å². The third-order valence-electron chi connectivity index (χ3n) is 3.35. The molecule has 0 aliphatic carbocycles. The van der Waals surface area contributed by atoms with Gasteiger partial charge in [0.15, 0.2) is 0 Å². The van der Waals surface area contributed by atoms with Gasteiger partial charge in [-0.2, -0.15) is 0 Å². The van der Waals surface area contributed by atoms with Gasteiger partial charge in [-0.25, -0.2) is 0 Å². The summed E-state index contributed by atoms with van der Waals surface area (Å²) < 4.78 is 5.81. The molecule has 2 aromatic carbocycles. The average Bonchev–Trinajstić information content (AvgIpc) is 2.38. The van der Waals surface area contributed by atoms with E-state index in [0.717, 1.165) is 11.4 Å². The van der Waals surface area contributed by atoms with Gasteiger partial charge in [-0.15, -0.1) is 0 Å². The third kappa shape index (κ3) is 2.06. The summed E-state index contributed by atoms with van der Waals surface area (Å²) in [5, 5.41) is 3.55. The van der Waals surface area contributed by atoms with Crippen molar-refractivity contribution in [1.29, 1.82) is 0 Å². The Labute approximate surface area is 108 Å². The second kappa shape index (κ2) is 4.37. The molecular formula is C16H17NO. The lowest BCUT2D eigenvalue weighted by atomic mass is 10.0. The van der Waals surface area contributed by atoms with Gasteiger partial charge in [0.25, 0.3) is 0 Å². The Morgan fingerprint density at radius 1 is 1.00 bits per heavy atom. The van der Waals surface area contributed by atoms with Crippen molar-refractivity contribution in [3.05, 3.63) is 59.2 Å². The maximum absolute atomic E-state index is 5.81. The summed E-state index contributed by atoms with van der Waals surface area (Å²) in [6.07, 6.45) is 0. The standard InChI is InChI=1S/C16H17NO/c1-11-3-6-13(7-4-11)15-10-18-16-8-5-12(2)9-14(16)17-15/h3-9,15,17H,10H2,1-2H3/t15-/m0/s1. The van der Waals surface area contributed by atoms with E-state index >= 15 is 0 Å². The molecule has 0 radical (unpaired) electrons. The molecule has 2 aromatic rings. The predicted molar refractivity (Wildman–Crippen MR) is 74.2 cm³/mol. The van der Waals surface area contributed by atoms with Gasteiger partial charge in [-0.1, -0.05) is 35.9 Å². The van der Waals surface area contributed by atoms with Gasteiger partial charge in [0.05, 0.1) is 11.7 Å². The van der Waals surface area contributed by atoms with E-state index in [1.807, 2.05) is 6.07 Å². The summed E-state index contributed by atoms with van der Waals surface area (Å²) in [6.45, 7) is 4.88. The van der Waals surface area contributed by atoms with Crippen LogP contribution in [0.4, 0.5) is 5.69 Å². The number of hydrogen-bond donors (Lipinski definition) is 1. The lowest BCUT2D eigenvalue weighted by Gasteiger charge is -2.28. The zero-order valence-electron chi connectivity index (χ0n) is 10.7. The monoisotopic (exact) mass is 239 g/mol. The number of ether oxygens (including phenoxy) is 1. The Balaban J connectivity index is 1.88. The highest BCUT2D eigenvalue weighted by molar-refractivity contribution is 5.60. The summed E-state index contributed by atoms with van der Waals surface area (Å²) in [5.74, 6) is 0.948. The summed E-state index contributed by atoms with van der Waals surface area (Å²) in [4.78, 5) is 0. The van der Waals surface area contributed by atoms with Gasteiger partial charge in [-0.05, 0) is 37.1 Å². The van der Waals surface area contributed by atoms with Crippen LogP contribution in [0.5, 0.6) is 5.75 Å². The van der Waals surface area contributed by atoms with Crippen LogP contribution < -0.4 is 10.1 Å². The van der Waals surface area contributed by atoms with Crippen molar-refractivity contribution in [3.63, 3.8) is 0 Å². The van der Waals surface area contributed by atoms with Crippen LogP contribution in [-0.4, -0.2) is 6.61 Å². The van der Waals surface area contributed by atoms with Crippen molar-refractivity contribution in [2.75, 3.05) is 11.9 Å². The SMILES string of the molecule is Cc1ccc([C@@H]2COc3ccc(C)cc3N2)cc1. The Hall–Kier alpha value is -1.96. The summed E-state index contributed by atoms with van der Waals surface area (Å²) >= 11 is 0. The largest absolute Gasteiger partial charge is 0.489 e. The number of fused-ring (bicyclic) bond motifs is 1. The number of anilines is 1. The Kier molecular flexibility index (Phi) is 2.71. The molecule has 92 valence electrons. The van der Waals surface area contributed by atoms with Crippen LogP contribution in [0, 0.1) is 13.8 Å². The molecule has 0 unspecified atom stereocenters. The molecule has 18 heavy (non-hydrogen) atoms. The van der Waals surface area contributed by atoms with E-state index in [9.17, 15) is 0 Å². The molecule has 0 saturated heterocycles. The van der Waals surface area contributed by atoms with E-state index in [2.05, 4.69) is 55.6 Å². The average molecular weight is 239 g/mol. The van der Waals surface area contributed by atoms with E-state index in [-0.39, 0.29) is 6.04 Å². The van der Waals surface area contributed by atoms with Crippen molar-refractivity contribution >= 4 is 5.69 Å². The molecule has 2 heteroatoms. The van der Waals surface area contributed by atoms with Crippen LogP contribution in [-0.2, 0) is 0 Å². The molecule has 3 rings (SSSR count). The van der Waals surface area contributed by atoms with Crippen molar-refractivity contribution in [1.82, 2.24) is 0 Å². The van der Waals surface area contributed by atoms with Crippen LogP contribution in [0.15, 0.2) is 42.5 Å². The van der Waals surface area contributed by atoms with Gasteiger partial charge in [0.1, 0.15) is 12.4 Å². The van der Waals surface area contributed by atoms with E-state index in [4.69, 9.17) is 4.74 Å². The van der Waals surface area contributed by atoms with Gasteiger partial charge in [0, 0.05) is 0 Å². The molecule has 1 N–H and O–H groups in total. The second-order valence-electron chi connectivity index (χ2n) is 4.92. The maximum Gasteiger partial charge on any atom is 0.142 e. The molecule has 0 spiro atoms. The first-order valence-corrected chi connectivity index (χ1v) is 6.29. The highest BCUT2D eigenvalue weighted by Crippen LogP contribution is 2.34. The summed E-state index contributed by atoms with van der Waals surface area (Å²) in [7, 11) is 0. The minimum absolute atomic E-state index is 0.236. The molecule has 1 aliphatic heterocycles. The summed E-state index contributed by atoms with van der Waals surface area (Å²) in [6, 6.07) is 15.1. The fourth-order valence-corrected chi connectivity index (χ4v) is 2.26. The smallest absolute Gasteiger partial charge is 0.142 e. The molecule has 0 fully saturated rings. The Bertz CT molecular complexity index is 560. The molecule has 1 atom stereocenters. The summed E-state index contributed by atoms with van der Waals surface area (Å²) in [5.41, 5.74) is 4.89. The highest BCUT2D eigenvalue weighted by Gasteiger charge is 2.19. The fraction of sp³-hybridized carbons (Fsp3) is 0.250. The number of hydrogen-bond acceptors (Lipinski definition) is 2. The van der Waals surface area contributed by atoms with Gasteiger partial charge < -0.3 is 10.1 Å². The first-order chi connectivity index (χ1) is 8.72. The molecule has 1 heterocycles. The normalized spacial score (nSPS) is 17.6. The fourth-order valence-electron chi connectivity index (χ4n) is 2.26. The quantitative estimate of drug-likeness (QED) is 0.816. The molecule has 0 saturated carbocycles. The number of rotatable bonds is 1. The van der Waals surface area contributed by atoms with E-state index in [1.165, 1.54) is 16.7 Å². The molecule has 0 bridgehead atoms. The van der Waals surface area contributed by atoms with Crippen LogP contribution in [0.1, 0.15) is 22.7 Å². The molecule has 2 nitrogen and oxygen atoms in total. The zero-order chi connectivity index (χ0) is 12.5. The van der Waals surface area contributed by atoms with Gasteiger partial charge >= 0.3 is 0 Å². The van der Waals surface area contributed by atoms with Crippen molar-refractivity contribution in [3.8, 4) is 5.75 Å². The molecule has 0 aromatic heterocycles. The highest BCUT2D eigenvalue weighted by atomic mass is 16.5. The number of aryl methyl sites for hydroxylation is 2. The number of benzene rings is 2. The first-order valence-electron chi connectivity index (χ1n) is 6.29. The van der Waals surface area contributed by atoms with Crippen LogP contribution in [0.3, 0.4) is 0 Å². The van der Waals surface area contributed by atoms with Crippen molar-refractivity contribution in [2.24, 2.45) is 0 Å². The molecule has 1 aliphatic rings. The Morgan fingerprint density at radius 3 is 2.50 bits per heavy atom. The van der Waals surface area contributed by atoms with Crippen LogP contribution in [0.25, 0.3) is 0 Å². The minimum Gasteiger partial charge on any atom is -0.489 e. The van der Waals surface area contributed by atoms with Crippen LogP contribution in [0.2, 0.25) is 0 Å². The third-order valence-corrected chi connectivity index (χ3v) is 3.35. The van der Waals surface area contributed by atoms with Crippen molar-refractivity contribution in [2.45, 2.75) is 19.9 Å². The molecule has 0 amide bonds. The zero-order valence-corrected chi connectivity index (χ0v) is 10.7. The minimum atomic E-state index is 0.236. The van der Waals surface area contributed by atoms with E-state index in [1.54, 1.807) is 0 Å². The maximum atomic E-state index is 5.81. The topological polar surface area (TPSA) is 21.3 Å². The Morgan fingerprint density at radius 2 is 1.72 bits per heavy atom. The van der Waals surface area contributed by atoms with Gasteiger partial charge in [0.2, 0.25) is 0 Å². The predicted octanol–water partition coefficient (Wildman–Crippen LogP) is 3.85. The first kappa shape index (κ1) is 11.1. The van der Waals surface area contributed by atoms with Crippen molar-refractivity contribution < 1.29 is 4.74 Å². The lowest BCUT2D eigenvalue weighted by molar-refractivity contribution is 0.286. The second-order valence-corrected chi connectivity index (χ2v) is 4.92. The molecular weight excluding hydrogens is 222 g/mol. The van der Waals surface area contributed by atoms with E-state index < -0.39 is 0 Å². The van der Waals surface area contributed by atoms with Gasteiger partial charge in [-0.3, -0.25) is 0 Å².